The lowest BCUT2D eigenvalue weighted by Gasteiger charge is -2.20. The molecule has 1 amide bonds. The van der Waals surface area contributed by atoms with E-state index in [2.05, 4.69) is 5.32 Å². The quantitative estimate of drug-likeness (QED) is 0.730. The zero-order valence-corrected chi connectivity index (χ0v) is 18.2. The molecular formula is C20H25ClN2O4S. The van der Waals surface area contributed by atoms with E-state index in [0.29, 0.717) is 12.1 Å². The van der Waals surface area contributed by atoms with Gasteiger partial charge in [0.25, 0.3) is 5.91 Å². The van der Waals surface area contributed by atoms with Crippen molar-refractivity contribution in [1.82, 2.24) is 5.32 Å². The van der Waals surface area contributed by atoms with E-state index in [4.69, 9.17) is 16.3 Å². The van der Waals surface area contributed by atoms with Crippen LogP contribution in [0.2, 0.25) is 5.02 Å². The van der Waals surface area contributed by atoms with Crippen LogP contribution in [0.1, 0.15) is 40.9 Å². The number of anilines is 1. The summed E-state index contributed by atoms with van der Waals surface area (Å²) in [7, 11) is -0.361. The molecule has 2 rings (SSSR count). The van der Waals surface area contributed by atoms with Gasteiger partial charge in [0.2, 0.25) is 10.0 Å². The summed E-state index contributed by atoms with van der Waals surface area (Å²) in [6, 6.07) is 10.1. The van der Waals surface area contributed by atoms with Crippen molar-refractivity contribution in [2.75, 3.05) is 24.7 Å². The fourth-order valence-corrected chi connectivity index (χ4v) is 3.61. The lowest BCUT2D eigenvalue weighted by atomic mass is 10.0. The molecule has 0 saturated carbocycles. The van der Waals surface area contributed by atoms with Gasteiger partial charge >= 0.3 is 0 Å². The van der Waals surface area contributed by atoms with Gasteiger partial charge in [0.1, 0.15) is 5.75 Å². The maximum atomic E-state index is 12.7. The maximum Gasteiger partial charge on any atom is 0.253 e. The number of amides is 1. The van der Waals surface area contributed by atoms with Crippen LogP contribution >= 0.6 is 11.6 Å². The van der Waals surface area contributed by atoms with Gasteiger partial charge in [-0.25, -0.2) is 8.42 Å². The number of sulfonamides is 1. The van der Waals surface area contributed by atoms with Crippen molar-refractivity contribution in [2.24, 2.45) is 0 Å². The first-order chi connectivity index (χ1) is 13.1. The summed E-state index contributed by atoms with van der Waals surface area (Å²) in [5.74, 6) is 0.470. The smallest absolute Gasteiger partial charge is 0.253 e. The van der Waals surface area contributed by atoms with Gasteiger partial charge in [-0.2, -0.15) is 0 Å². The average molecular weight is 425 g/mol. The molecule has 0 aromatic heterocycles. The minimum Gasteiger partial charge on any atom is -0.496 e. The van der Waals surface area contributed by atoms with Gasteiger partial charge in [-0.05, 0) is 48.7 Å². The number of benzene rings is 2. The highest BCUT2D eigenvalue weighted by Gasteiger charge is 2.19. The van der Waals surface area contributed by atoms with E-state index in [1.54, 1.807) is 13.2 Å². The fourth-order valence-electron chi connectivity index (χ4n) is 2.85. The number of carbonyl (C=O) groups excluding carboxylic acids is 1. The SMILES string of the molecule is CCC(NC(=O)c1ccc(N(C)S(C)(=O)=O)cc1Cl)c1ccc(OC)c(C)c1. The third kappa shape index (κ3) is 4.97. The summed E-state index contributed by atoms with van der Waals surface area (Å²) < 4.78 is 29.7. The van der Waals surface area contributed by atoms with Crippen molar-refractivity contribution < 1.29 is 17.9 Å². The lowest BCUT2D eigenvalue weighted by Crippen LogP contribution is -2.29. The van der Waals surface area contributed by atoms with Crippen molar-refractivity contribution >= 4 is 33.2 Å². The Hall–Kier alpha value is -2.25. The van der Waals surface area contributed by atoms with Crippen molar-refractivity contribution in [3.8, 4) is 5.75 Å². The van der Waals surface area contributed by atoms with Crippen molar-refractivity contribution in [1.29, 1.82) is 0 Å². The lowest BCUT2D eigenvalue weighted by molar-refractivity contribution is 0.0935. The summed E-state index contributed by atoms with van der Waals surface area (Å²) in [5, 5.41) is 3.17. The first-order valence-corrected chi connectivity index (χ1v) is 11.0. The zero-order chi connectivity index (χ0) is 21.1. The Bertz CT molecular complexity index is 976. The van der Waals surface area contributed by atoms with Crippen LogP contribution in [-0.2, 0) is 10.0 Å². The van der Waals surface area contributed by atoms with E-state index >= 15 is 0 Å². The Kier molecular flexibility index (Phi) is 6.96. The molecule has 1 N–H and O–H groups in total. The third-order valence-corrected chi connectivity index (χ3v) is 6.11. The van der Waals surface area contributed by atoms with Gasteiger partial charge in [0, 0.05) is 7.05 Å². The van der Waals surface area contributed by atoms with E-state index in [0.717, 1.165) is 27.4 Å². The minimum atomic E-state index is -3.41. The van der Waals surface area contributed by atoms with Gasteiger partial charge in [-0.15, -0.1) is 0 Å². The Balaban J connectivity index is 2.24. The number of nitrogens with one attached hydrogen (secondary N) is 1. The van der Waals surface area contributed by atoms with E-state index < -0.39 is 10.0 Å². The topological polar surface area (TPSA) is 75.7 Å². The van der Waals surface area contributed by atoms with Crippen molar-refractivity contribution in [2.45, 2.75) is 26.3 Å². The Morgan fingerprint density at radius 2 is 1.93 bits per heavy atom. The highest BCUT2D eigenvalue weighted by molar-refractivity contribution is 7.92. The molecule has 2 aromatic carbocycles. The highest BCUT2D eigenvalue weighted by atomic mass is 35.5. The molecule has 8 heteroatoms. The summed E-state index contributed by atoms with van der Waals surface area (Å²) in [5.41, 5.74) is 2.63. The normalized spacial score (nSPS) is 12.4. The predicted molar refractivity (Wildman–Crippen MR) is 113 cm³/mol. The van der Waals surface area contributed by atoms with Gasteiger partial charge in [0.15, 0.2) is 0 Å². The van der Waals surface area contributed by atoms with Crippen molar-refractivity contribution in [3.05, 3.63) is 58.1 Å². The third-order valence-electron chi connectivity index (χ3n) is 4.59. The first kappa shape index (κ1) is 22.0. The first-order valence-electron chi connectivity index (χ1n) is 8.77. The summed E-state index contributed by atoms with van der Waals surface area (Å²) in [4.78, 5) is 12.7. The summed E-state index contributed by atoms with van der Waals surface area (Å²) in [6.45, 7) is 3.93. The molecule has 152 valence electrons. The molecule has 0 saturated heterocycles. The Morgan fingerprint density at radius 1 is 1.25 bits per heavy atom. The molecular weight excluding hydrogens is 400 g/mol. The van der Waals surface area contributed by atoms with E-state index in [1.807, 2.05) is 32.0 Å². The van der Waals surface area contributed by atoms with Crippen LogP contribution in [0.3, 0.4) is 0 Å². The molecule has 1 unspecified atom stereocenters. The van der Waals surface area contributed by atoms with Crippen LogP contribution in [0.15, 0.2) is 36.4 Å². The highest BCUT2D eigenvalue weighted by Crippen LogP contribution is 2.27. The predicted octanol–water partition coefficient (Wildman–Crippen LogP) is 3.93. The van der Waals surface area contributed by atoms with Crippen LogP contribution in [0.5, 0.6) is 5.75 Å². The molecule has 0 aliphatic rings. The van der Waals surface area contributed by atoms with Crippen molar-refractivity contribution in [3.63, 3.8) is 0 Å². The molecule has 0 aliphatic heterocycles. The molecule has 1 atom stereocenters. The number of hydrogen-bond acceptors (Lipinski definition) is 4. The molecule has 0 fully saturated rings. The molecule has 6 nitrogen and oxygen atoms in total. The van der Waals surface area contributed by atoms with Gasteiger partial charge in [-0.1, -0.05) is 30.7 Å². The standard InChI is InChI=1S/C20H25ClN2O4S/c1-6-18(14-7-10-19(27-4)13(2)11-14)22-20(24)16-9-8-15(12-17(16)21)23(3)28(5,25)26/h7-12,18H,6H2,1-5H3,(H,22,24). The van der Waals surface area contributed by atoms with Crippen LogP contribution < -0.4 is 14.4 Å². The van der Waals surface area contributed by atoms with Crippen LogP contribution in [0.25, 0.3) is 0 Å². The fraction of sp³-hybridized carbons (Fsp3) is 0.350. The zero-order valence-electron chi connectivity index (χ0n) is 16.6. The van der Waals surface area contributed by atoms with Gasteiger partial charge in [0.05, 0.1) is 35.7 Å². The second-order valence-corrected chi connectivity index (χ2v) is 8.98. The maximum absolute atomic E-state index is 12.7. The minimum absolute atomic E-state index is 0.186. The van der Waals surface area contributed by atoms with Gasteiger partial charge < -0.3 is 10.1 Å². The number of hydrogen-bond donors (Lipinski definition) is 1. The number of nitrogens with zero attached hydrogens (tertiary/aromatic N) is 1. The van der Waals surface area contributed by atoms with Crippen LogP contribution in [-0.4, -0.2) is 34.7 Å². The molecule has 0 spiro atoms. The molecule has 0 radical (unpaired) electrons. The monoisotopic (exact) mass is 424 g/mol. The molecule has 2 aromatic rings. The second kappa shape index (κ2) is 8.84. The van der Waals surface area contributed by atoms with Gasteiger partial charge in [-0.3, -0.25) is 9.10 Å². The van der Waals surface area contributed by atoms with E-state index in [1.165, 1.54) is 19.2 Å². The molecule has 0 bridgehead atoms. The number of carbonyl (C=O) groups is 1. The van der Waals surface area contributed by atoms with E-state index in [9.17, 15) is 13.2 Å². The number of ether oxygens (including phenoxy) is 1. The Morgan fingerprint density at radius 3 is 2.43 bits per heavy atom. The number of methoxy groups -OCH3 is 1. The largest absolute Gasteiger partial charge is 0.496 e. The number of aryl methyl sites for hydroxylation is 1. The number of rotatable bonds is 7. The molecule has 0 heterocycles. The average Bonchev–Trinajstić information content (AvgIpc) is 2.64. The summed E-state index contributed by atoms with van der Waals surface area (Å²) in [6.07, 6.45) is 1.80. The van der Waals surface area contributed by atoms with Crippen LogP contribution in [0.4, 0.5) is 5.69 Å². The van der Waals surface area contributed by atoms with E-state index in [-0.39, 0.29) is 22.5 Å². The molecule has 0 aliphatic carbocycles. The summed E-state index contributed by atoms with van der Waals surface area (Å²) >= 11 is 6.26. The Labute approximate surface area is 171 Å². The second-order valence-electron chi connectivity index (χ2n) is 6.56. The van der Waals surface area contributed by atoms with Crippen LogP contribution in [0, 0.1) is 6.92 Å². The molecule has 28 heavy (non-hydrogen) atoms. The number of halogens is 1.